The summed E-state index contributed by atoms with van der Waals surface area (Å²) in [6.45, 7) is 2.72. The number of aliphatic imine (C=N–C) groups is 1. The van der Waals surface area contributed by atoms with Crippen molar-refractivity contribution in [2.24, 2.45) is 4.99 Å². The van der Waals surface area contributed by atoms with Crippen molar-refractivity contribution in [1.29, 1.82) is 0 Å². The van der Waals surface area contributed by atoms with Crippen LogP contribution in [-0.4, -0.2) is 68.3 Å². The molecule has 9 heteroatoms. The number of benzene rings is 1. The van der Waals surface area contributed by atoms with Crippen LogP contribution in [0.4, 0.5) is 0 Å². The van der Waals surface area contributed by atoms with E-state index in [0.717, 1.165) is 30.4 Å². The van der Waals surface area contributed by atoms with E-state index in [1.165, 1.54) is 36.4 Å². The van der Waals surface area contributed by atoms with Gasteiger partial charge < -0.3 is 10.2 Å². The Bertz CT molecular complexity index is 786. The Morgan fingerprint density at radius 3 is 2.45 bits per heavy atom. The van der Waals surface area contributed by atoms with Gasteiger partial charge in [0.15, 0.2) is 5.96 Å². The third-order valence-corrected chi connectivity index (χ3v) is 9.04. The molecule has 2 aliphatic rings. The molecule has 0 bridgehead atoms. The molecule has 1 aliphatic heterocycles. The fourth-order valence-electron chi connectivity index (χ4n) is 4.03. The zero-order valence-corrected chi connectivity index (χ0v) is 21.5. The third-order valence-electron chi connectivity index (χ3n) is 5.68. The summed E-state index contributed by atoms with van der Waals surface area (Å²) in [5, 5.41) is 3.47. The molecule has 6 nitrogen and oxygen atoms in total. The molecule has 0 amide bonds. The van der Waals surface area contributed by atoms with E-state index in [1.54, 1.807) is 26.2 Å². The first-order chi connectivity index (χ1) is 13.4. The summed E-state index contributed by atoms with van der Waals surface area (Å²) in [6.07, 6.45) is 6.68. The van der Waals surface area contributed by atoms with E-state index in [9.17, 15) is 8.42 Å². The highest BCUT2D eigenvalue weighted by Gasteiger charge is 2.38. The van der Waals surface area contributed by atoms with Gasteiger partial charge in [-0.2, -0.15) is 11.8 Å². The number of sulfonamides is 1. The molecule has 164 valence electrons. The van der Waals surface area contributed by atoms with Gasteiger partial charge in [-0.15, -0.1) is 24.0 Å². The summed E-state index contributed by atoms with van der Waals surface area (Å²) in [5.41, 5.74) is 1.04. The van der Waals surface area contributed by atoms with E-state index in [4.69, 9.17) is 0 Å². The molecule has 1 aliphatic carbocycles. The highest BCUT2D eigenvalue weighted by atomic mass is 127. The average Bonchev–Trinajstić information content (AvgIpc) is 2.69. The molecule has 0 unspecified atom stereocenters. The molecule has 1 saturated heterocycles. The predicted octanol–water partition coefficient (Wildman–Crippen LogP) is 3.38. The maximum absolute atomic E-state index is 12.2. The van der Waals surface area contributed by atoms with Crippen LogP contribution in [0.2, 0.25) is 0 Å². The molecule has 0 aromatic heterocycles. The van der Waals surface area contributed by atoms with Gasteiger partial charge in [-0.3, -0.25) is 4.99 Å². The molecule has 0 atom stereocenters. The highest BCUT2D eigenvalue weighted by Crippen LogP contribution is 2.42. The van der Waals surface area contributed by atoms with Gasteiger partial charge in [-0.05, 0) is 30.5 Å². The number of halogens is 1. The third kappa shape index (κ3) is 6.01. The smallest absolute Gasteiger partial charge is 0.242 e. The SMILES string of the molecule is CN=C(NCc1ccc(S(=O)(=O)N(C)C)cc1)N1CCSC2(CCCCC2)C1.I. The molecule has 1 spiro atoms. The van der Waals surface area contributed by atoms with Crippen LogP contribution in [0, 0.1) is 0 Å². The van der Waals surface area contributed by atoms with Crippen LogP contribution in [0.25, 0.3) is 0 Å². The lowest BCUT2D eigenvalue weighted by atomic mass is 9.87. The monoisotopic (exact) mass is 552 g/mol. The van der Waals surface area contributed by atoms with Crippen LogP contribution in [-0.2, 0) is 16.6 Å². The number of thioether (sulfide) groups is 1. The minimum atomic E-state index is -3.38. The summed E-state index contributed by atoms with van der Waals surface area (Å²) in [5.74, 6) is 2.09. The Morgan fingerprint density at radius 2 is 1.86 bits per heavy atom. The molecule has 1 N–H and O–H groups in total. The zero-order chi connectivity index (χ0) is 20.2. The number of guanidine groups is 1. The predicted molar refractivity (Wildman–Crippen MR) is 133 cm³/mol. The lowest BCUT2D eigenvalue weighted by molar-refractivity contribution is 0.293. The Kier molecular flexibility index (Phi) is 9.11. The molecule has 0 radical (unpaired) electrons. The van der Waals surface area contributed by atoms with Crippen molar-refractivity contribution in [1.82, 2.24) is 14.5 Å². The van der Waals surface area contributed by atoms with E-state index < -0.39 is 10.0 Å². The largest absolute Gasteiger partial charge is 0.352 e. The highest BCUT2D eigenvalue weighted by molar-refractivity contribution is 14.0. The number of rotatable bonds is 4. The van der Waals surface area contributed by atoms with Gasteiger partial charge in [0.25, 0.3) is 0 Å². The van der Waals surface area contributed by atoms with Gasteiger partial charge in [0.1, 0.15) is 0 Å². The van der Waals surface area contributed by atoms with Crippen molar-refractivity contribution in [2.75, 3.05) is 40.0 Å². The standard InChI is InChI=1S/C20H32N4O2S2.HI/c1-21-19(24-13-14-27-20(16-24)11-5-4-6-12-20)22-15-17-7-9-18(10-8-17)28(25,26)23(2)3;/h7-10H,4-6,11-16H2,1-3H3,(H,21,22);1H. The summed E-state index contributed by atoms with van der Waals surface area (Å²) in [7, 11) is 1.55. The summed E-state index contributed by atoms with van der Waals surface area (Å²) in [4.78, 5) is 7.22. The Balaban J connectivity index is 0.00000300. The van der Waals surface area contributed by atoms with Crippen LogP contribution < -0.4 is 5.32 Å². The molecule has 1 saturated carbocycles. The Hall–Kier alpha value is -0.520. The first kappa shape index (κ1) is 24.7. The normalized spacial score (nSPS) is 19.9. The van der Waals surface area contributed by atoms with Crippen molar-refractivity contribution in [3.63, 3.8) is 0 Å². The van der Waals surface area contributed by atoms with Gasteiger partial charge in [0.2, 0.25) is 10.0 Å². The summed E-state index contributed by atoms with van der Waals surface area (Å²) >= 11 is 2.15. The number of hydrogen-bond donors (Lipinski definition) is 1. The Labute approximate surface area is 197 Å². The van der Waals surface area contributed by atoms with Gasteiger partial charge >= 0.3 is 0 Å². The van der Waals surface area contributed by atoms with Crippen LogP contribution in [0.1, 0.15) is 37.7 Å². The second-order valence-electron chi connectivity index (χ2n) is 7.85. The molecule has 1 heterocycles. The van der Waals surface area contributed by atoms with Gasteiger partial charge in [0.05, 0.1) is 4.90 Å². The van der Waals surface area contributed by atoms with E-state index >= 15 is 0 Å². The fraction of sp³-hybridized carbons (Fsp3) is 0.650. The number of nitrogens with zero attached hydrogens (tertiary/aromatic N) is 3. The summed E-state index contributed by atoms with van der Waals surface area (Å²) < 4.78 is 26.0. The Morgan fingerprint density at radius 1 is 1.21 bits per heavy atom. The molecule has 3 rings (SSSR count). The lowest BCUT2D eigenvalue weighted by Gasteiger charge is -2.45. The summed E-state index contributed by atoms with van der Waals surface area (Å²) in [6, 6.07) is 7.07. The van der Waals surface area contributed by atoms with E-state index in [2.05, 4.69) is 27.0 Å². The average molecular weight is 553 g/mol. The second-order valence-corrected chi connectivity index (χ2v) is 11.6. The quantitative estimate of drug-likeness (QED) is 0.353. The minimum absolute atomic E-state index is 0. The van der Waals surface area contributed by atoms with Crippen LogP contribution in [0.5, 0.6) is 0 Å². The van der Waals surface area contributed by atoms with Crippen molar-refractivity contribution < 1.29 is 8.42 Å². The lowest BCUT2D eigenvalue weighted by Crippen LogP contribution is -2.53. The number of hydrogen-bond acceptors (Lipinski definition) is 4. The van der Waals surface area contributed by atoms with Crippen molar-refractivity contribution >= 4 is 51.7 Å². The van der Waals surface area contributed by atoms with Gasteiger partial charge in [-0.1, -0.05) is 31.4 Å². The number of nitrogens with one attached hydrogen (secondary N) is 1. The molecule has 29 heavy (non-hydrogen) atoms. The zero-order valence-electron chi connectivity index (χ0n) is 17.6. The topological polar surface area (TPSA) is 65.0 Å². The van der Waals surface area contributed by atoms with Crippen molar-refractivity contribution in [3.8, 4) is 0 Å². The molecule has 1 aromatic rings. The first-order valence-electron chi connectivity index (χ1n) is 9.97. The van der Waals surface area contributed by atoms with E-state index in [0.29, 0.717) is 16.2 Å². The van der Waals surface area contributed by atoms with Crippen LogP contribution in [0.15, 0.2) is 34.2 Å². The molecule has 2 fully saturated rings. The van der Waals surface area contributed by atoms with Crippen molar-refractivity contribution in [2.45, 2.75) is 48.3 Å². The van der Waals surface area contributed by atoms with Crippen molar-refractivity contribution in [3.05, 3.63) is 29.8 Å². The maximum Gasteiger partial charge on any atom is 0.242 e. The second kappa shape index (κ2) is 10.7. The van der Waals surface area contributed by atoms with Gasteiger partial charge in [0, 0.05) is 51.3 Å². The van der Waals surface area contributed by atoms with Crippen LogP contribution in [0.3, 0.4) is 0 Å². The molecular weight excluding hydrogens is 519 g/mol. The van der Waals surface area contributed by atoms with E-state index in [1.807, 2.05) is 19.2 Å². The first-order valence-corrected chi connectivity index (χ1v) is 12.4. The van der Waals surface area contributed by atoms with Gasteiger partial charge in [-0.25, -0.2) is 12.7 Å². The fourth-order valence-corrected chi connectivity index (χ4v) is 6.50. The molecular formula is C20H33IN4O2S2. The minimum Gasteiger partial charge on any atom is -0.352 e. The maximum atomic E-state index is 12.2. The molecule has 1 aromatic carbocycles. The van der Waals surface area contributed by atoms with E-state index in [-0.39, 0.29) is 24.0 Å². The van der Waals surface area contributed by atoms with Crippen LogP contribution >= 0.6 is 35.7 Å².